The first-order valence-corrected chi connectivity index (χ1v) is 8.77. The van der Waals surface area contributed by atoms with Crippen molar-refractivity contribution in [2.24, 2.45) is 0 Å². The Kier molecular flexibility index (Phi) is 5.63. The number of amides is 1. The van der Waals surface area contributed by atoms with Crippen molar-refractivity contribution < 1.29 is 9.53 Å². The third-order valence-corrected chi connectivity index (χ3v) is 4.40. The van der Waals surface area contributed by atoms with Crippen molar-refractivity contribution in [3.63, 3.8) is 0 Å². The van der Waals surface area contributed by atoms with Gasteiger partial charge in [-0.25, -0.2) is 9.97 Å². The van der Waals surface area contributed by atoms with Crippen LogP contribution in [0.25, 0.3) is 6.08 Å². The van der Waals surface area contributed by atoms with Crippen molar-refractivity contribution in [1.82, 2.24) is 9.97 Å². The van der Waals surface area contributed by atoms with E-state index in [9.17, 15) is 4.79 Å². The maximum absolute atomic E-state index is 12.3. The molecule has 1 aromatic carbocycles. The number of carbonyl (C=O) groups is 1. The highest BCUT2D eigenvalue weighted by atomic mass is 16.5. The molecule has 0 unspecified atom stereocenters. The van der Waals surface area contributed by atoms with E-state index >= 15 is 0 Å². The molecule has 136 valence electrons. The molecule has 0 radical (unpaired) electrons. The predicted molar refractivity (Wildman–Crippen MR) is 103 cm³/mol. The van der Waals surface area contributed by atoms with Gasteiger partial charge in [-0.3, -0.25) is 4.79 Å². The lowest BCUT2D eigenvalue weighted by atomic mass is 10.1. The largest absolute Gasteiger partial charge is 0.378 e. The Balaban J connectivity index is 1.73. The van der Waals surface area contributed by atoms with Crippen LogP contribution in [-0.4, -0.2) is 42.2 Å². The van der Waals surface area contributed by atoms with Gasteiger partial charge in [0.15, 0.2) is 0 Å². The Hall–Kier alpha value is -2.73. The zero-order valence-electron chi connectivity index (χ0n) is 15.5. The lowest BCUT2D eigenvalue weighted by Crippen LogP contribution is -2.37. The molecule has 1 amide bonds. The monoisotopic (exact) mass is 352 g/mol. The van der Waals surface area contributed by atoms with Crippen molar-refractivity contribution in [2.45, 2.75) is 20.8 Å². The quantitative estimate of drug-likeness (QED) is 0.857. The second kappa shape index (κ2) is 8.10. The number of nitrogens with one attached hydrogen (secondary N) is 1. The summed E-state index contributed by atoms with van der Waals surface area (Å²) < 4.78 is 5.37. The standard InChI is InChI=1S/C20H24N4O2/c1-14-6-4-5-7-17(14)8-9-18(25)23-19-15(2)21-20(22-16(19)3)24-10-12-26-13-11-24/h4-9H,10-13H2,1-3H3,(H,23,25)/b9-8+. The molecule has 0 saturated carbocycles. The Labute approximate surface area is 153 Å². The molecule has 2 aromatic rings. The first-order chi connectivity index (χ1) is 12.5. The summed E-state index contributed by atoms with van der Waals surface area (Å²) in [5, 5.41) is 2.90. The van der Waals surface area contributed by atoms with Gasteiger partial charge in [0, 0.05) is 19.2 Å². The zero-order chi connectivity index (χ0) is 18.5. The molecule has 1 aliphatic rings. The first-order valence-electron chi connectivity index (χ1n) is 8.77. The van der Waals surface area contributed by atoms with Gasteiger partial charge in [0.1, 0.15) is 0 Å². The summed E-state index contributed by atoms with van der Waals surface area (Å²) in [6.45, 7) is 8.73. The van der Waals surface area contributed by atoms with Gasteiger partial charge in [-0.2, -0.15) is 0 Å². The normalized spacial score (nSPS) is 14.7. The maximum atomic E-state index is 12.3. The summed E-state index contributed by atoms with van der Waals surface area (Å²) in [6.07, 6.45) is 3.36. The molecular formula is C20H24N4O2. The molecule has 1 N–H and O–H groups in total. The minimum absolute atomic E-state index is 0.192. The second-order valence-electron chi connectivity index (χ2n) is 6.35. The van der Waals surface area contributed by atoms with E-state index in [1.165, 1.54) is 6.08 Å². The van der Waals surface area contributed by atoms with Crippen LogP contribution in [0.1, 0.15) is 22.5 Å². The number of carbonyl (C=O) groups excluding carboxylic acids is 1. The van der Waals surface area contributed by atoms with Crippen LogP contribution in [-0.2, 0) is 9.53 Å². The average Bonchev–Trinajstić information content (AvgIpc) is 2.64. The predicted octanol–water partition coefficient (Wildman–Crippen LogP) is 2.89. The topological polar surface area (TPSA) is 67.4 Å². The third kappa shape index (κ3) is 4.26. The SMILES string of the molecule is Cc1ccccc1/C=C/C(=O)Nc1c(C)nc(N2CCOCC2)nc1C. The molecule has 1 saturated heterocycles. The van der Waals surface area contributed by atoms with Gasteiger partial charge in [0.25, 0.3) is 0 Å². The molecule has 0 atom stereocenters. The summed E-state index contributed by atoms with van der Waals surface area (Å²) in [4.78, 5) is 23.5. The van der Waals surface area contributed by atoms with Crippen molar-refractivity contribution >= 4 is 23.6 Å². The van der Waals surface area contributed by atoms with Crippen LogP contribution in [0.2, 0.25) is 0 Å². The maximum Gasteiger partial charge on any atom is 0.248 e. The Morgan fingerprint density at radius 2 is 1.77 bits per heavy atom. The number of hydrogen-bond acceptors (Lipinski definition) is 5. The number of aryl methyl sites for hydroxylation is 3. The van der Waals surface area contributed by atoms with Crippen molar-refractivity contribution in [1.29, 1.82) is 0 Å². The summed E-state index contributed by atoms with van der Waals surface area (Å²) >= 11 is 0. The number of anilines is 2. The van der Waals surface area contributed by atoms with Gasteiger partial charge in [-0.15, -0.1) is 0 Å². The van der Waals surface area contributed by atoms with Crippen LogP contribution in [0.15, 0.2) is 30.3 Å². The lowest BCUT2D eigenvalue weighted by molar-refractivity contribution is -0.111. The highest BCUT2D eigenvalue weighted by Crippen LogP contribution is 2.21. The number of hydrogen-bond donors (Lipinski definition) is 1. The van der Waals surface area contributed by atoms with Gasteiger partial charge >= 0.3 is 0 Å². The van der Waals surface area contributed by atoms with E-state index in [0.29, 0.717) is 24.8 Å². The van der Waals surface area contributed by atoms with E-state index in [-0.39, 0.29) is 5.91 Å². The van der Waals surface area contributed by atoms with E-state index in [1.54, 1.807) is 0 Å². The average molecular weight is 352 g/mol. The summed E-state index contributed by atoms with van der Waals surface area (Å²) in [6, 6.07) is 7.93. The van der Waals surface area contributed by atoms with Gasteiger partial charge < -0.3 is 15.0 Å². The summed E-state index contributed by atoms with van der Waals surface area (Å²) in [5.41, 5.74) is 4.34. The van der Waals surface area contributed by atoms with E-state index in [0.717, 1.165) is 35.6 Å². The van der Waals surface area contributed by atoms with Gasteiger partial charge in [0.2, 0.25) is 11.9 Å². The fourth-order valence-corrected chi connectivity index (χ4v) is 2.89. The molecule has 2 heterocycles. The molecule has 6 heteroatoms. The van der Waals surface area contributed by atoms with Crippen molar-refractivity contribution in [2.75, 3.05) is 36.5 Å². The molecule has 6 nitrogen and oxygen atoms in total. The Morgan fingerprint density at radius 3 is 2.42 bits per heavy atom. The van der Waals surface area contributed by atoms with E-state index in [2.05, 4.69) is 20.2 Å². The van der Waals surface area contributed by atoms with E-state index in [4.69, 9.17) is 4.74 Å². The number of nitrogens with zero attached hydrogens (tertiary/aromatic N) is 3. The van der Waals surface area contributed by atoms with Crippen molar-refractivity contribution in [3.8, 4) is 0 Å². The van der Waals surface area contributed by atoms with Crippen LogP contribution >= 0.6 is 0 Å². The number of ether oxygens (including phenoxy) is 1. The highest BCUT2D eigenvalue weighted by Gasteiger charge is 2.17. The molecule has 0 bridgehead atoms. The zero-order valence-corrected chi connectivity index (χ0v) is 15.5. The molecule has 3 rings (SSSR count). The Morgan fingerprint density at radius 1 is 1.12 bits per heavy atom. The van der Waals surface area contributed by atoms with Gasteiger partial charge in [0.05, 0.1) is 30.3 Å². The number of benzene rings is 1. The van der Waals surface area contributed by atoms with E-state index < -0.39 is 0 Å². The fraction of sp³-hybridized carbons (Fsp3) is 0.350. The van der Waals surface area contributed by atoms with Crippen LogP contribution in [0, 0.1) is 20.8 Å². The highest BCUT2D eigenvalue weighted by molar-refractivity contribution is 6.02. The van der Waals surface area contributed by atoms with Gasteiger partial charge in [-0.05, 0) is 38.0 Å². The second-order valence-corrected chi connectivity index (χ2v) is 6.35. The first kappa shape index (κ1) is 18.1. The Bertz CT molecular complexity index is 803. The molecule has 0 aliphatic carbocycles. The lowest BCUT2D eigenvalue weighted by Gasteiger charge is -2.27. The van der Waals surface area contributed by atoms with Crippen LogP contribution in [0.5, 0.6) is 0 Å². The minimum atomic E-state index is -0.192. The van der Waals surface area contributed by atoms with Gasteiger partial charge in [-0.1, -0.05) is 24.3 Å². The smallest absolute Gasteiger partial charge is 0.248 e. The number of aromatic nitrogens is 2. The minimum Gasteiger partial charge on any atom is -0.378 e. The molecular weight excluding hydrogens is 328 g/mol. The molecule has 0 spiro atoms. The molecule has 1 aliphatic heterocycles. The number of morpholine rings is 1. The molecule has 26 heavy (non-hydrogen) atoms. The summed E-state index contributed by atoms with van der Waals surface area (Å²) in [7, 11) is 0. The number of rotatable bonds is 4. The summed E-state index contributed by atoms with van der Waals surface area (Å²) in [5.74, 6) is 0.499. The van der Waals surface area contributed by atoms with Crippen LogP contribution < -0.4 is 10.2 Å². The molecule has 1 fully saturated rings. The fourth-order valence-electron chi connectivity index (χ4n) is 2.89. The third-order valence-electron chi connectivity index (χ3n) is 4.40. The van der Waals surface area contributed by atoms with E-state index in [1.807, 2.05) is 51.1 Å². The van der Waals surface area contributed by atoms with Crippen LogP contribution in [0.3, 0.4) is 0 Å². The molecule has 1 aromatic heterocycles. The van der Waals surface area contributed by atoms with Crippen LogP contribution in [0.4, 0.5) is 11.6 Å². The van der Waals surface area contributed by atoms with Crippen molar-refractivity contribution in [3.05, 3.63) is 52.9 Å².